The maximum Gasteiger partial charge on any atom is 0.240 e. The lowest BCUT2D eigenvalue weighted by Crippen LogP contribution is -2.34. The number of sulfonamides is 1. The first-order valence-corrected chi connectivity index (χ1v) is 15.2. The van der Waals surface area contributed by atoms with Crippen LogP contribution in [0.4, 0.5) is 4.39 Å². The van der Waals surface area contributed by atoms with Crippen molar-refractivity contribution in [2.24, 2.45) is 0 Å². The number of fused-ring (bicyclic) bond motifs is 1. The molecule has 5 rings (SSSR count). The molecular weight excluding hydrogens is 555 g/mol. The van der Waals surface area contributed by atoms with Gasteiger partial charge in [0.1, 0.15) is 16.9 Å². The molecule has 1 fully saturated rings. The minimum absolute atomic E-state index is 0.0390. The summed E-state index contributed by atoms with van der Waals surface area (Å²) >= 11 is 6.39. The largest absolute Gasteiger partial charge is 0.341 e. The van der Waals surface area contributed by atoms with Crippen LogP contribution < -0.4 is 9.44 Å². The number of aromatic amines is 1. The monoisotopic (exact) mass is 580 g/mol. The van der Waals surface area contributed by atoms with Crippen molar-refractivity contribution < 1.29 is 26.7 Å². The second-order valence-corrected chi connectivity index (χ2v) is 14.3. The SMILES string of the molecule is CC1(Cl)C=CC=C(S(=O)(=O)N[C@@H](Cc2ccc(C3CC(=O)NS3(O)O)cc2)c2nc3ccc(F)cc3[nH]2)C1. The van der Waals surface area contributed by atoms with Crippen molar-refractivity contribution in [3.8, 4) is 0 Å². The molecule has 2 aromatic carbocycles. The van der Waals surface area contributed by atoms with E-state index in [9.17, 15) is 26.7 Å². The summed E-state index contributed by atoms with van der Waals surface area (Å²) < 4.78 is 65.9. The van der Waals surface area contributed by atoms with Gasteiger partial charge in [-0.2, -0.15) is 0 Å². The van der Waals surface area contributed by atoms with Gasteiger partial charge in [0.25, 0.3) is 0 Å². The third kappa shape index (κ3) is 5.65. The Hall–Kier alpha value is -2.74. The summed E-state index contributed by atoms with van der Waals surface area (Å²) in [6.07, 6.45) is 5.08. The minimum Gasteiger partial charge on any atom is -0.341 e. The first-order chi connectivity index (χ1) is 17.8. The first kappa shape index (κ1) is 26.9. The van der Waals surface area contributed by atoms with E-state index in [-0.39, 0.29) is 24.2 Å². The zero-order chi connectivity index (χ0) is 27.3. The molecule has 1 aliphatic carbocycles. The summed E-state index contributed by atoms with van der Waals surface area (Å²) in [6, 6.07) is 10.1. The summed E-state index contributed by atoms with van der Waals surface area (Å²) in [5, 5.41) is -0.764. The second-order valence-electron chi connectivity index (χ2n) is 9.66. The van der Waals surface area contributed by atoms with Gasteiger partial charge in [-0.3, -0.25) is 18.6 Å². The van der Waals surface area contributed by atoms with Crippen LogP contribution in [0, 0.1) is 5.82 Å². The molecule has 0 radical (unpaired) electrons. The number of imidazole rings is 1. The number of alkyl halides is 1. The van der Waals surface area contributed by atoms with Crippen LogP contribution in [0.25, 0.3) is 11.0 Å². The van der Waals surface area contributed by atoms with E-state index >= 15 is 0 Å². The first-order valence-electron chi connectivity index (χ1n) is 11.7. The van der Waals surface area contributed by atoms with E-state index < -0.39 is 48.7 Å². The van der Waals surface area contributed by atoms with Crippen LogP contribution in [0.5, 0.6) is 0 Å². The van der Waals surface area contributed by atoms with E-state index in [1.807, 2.05) is 0 Å². The van der Waals surface area contributed by atoms with Crippen LogP contribution in [-0.2, 0) is 21.2 Å². The van der Waals surface area contributed by atoms with Gasteiger partial charge in [-0.15, -0.1) is 22.4 Å². The summed E-state index contributed by atoms with van der Waals surface area (Å²) in [4.78, 5) is 18.5. The minimum atomic E-state index is -3.98. The highest BCUT2D eigenvalue weighted by Crippen LogP contribution is 2.56. The molecule has 1 amide bonds. The van der Waals surface area contributed by atoms with Crippen molar-refractivity contribution >= 4 is 49.3 Å². The highest BCUT2D eigenvalue weighted by atomic mass is 35.5. The van der Waals surface area contributed by atoms with E-state index in [1.54, 1.807) is 43.3 Å². The number of benzene rings is 2. The lowest BCUT2D eigenvalue weighted by molar-refractivity contribution is -0.118. The van der Waals surface area contributed by atoms with Crippen molar-refractivity contribution in [2.75, 3.05) is 0 Å². The zero-order valence-electron chi connectivity index (χ0n) is 20.2. The average Bonchev–Trinajstić information content (AvgIpc) is 3.37. The number of hydrogen-bond acceptors (Lipinski definition) is 6. The van der Waals surface area contributed by atoms with E-state index in [2.05, 4.69) is 19.4 Å². The summed E-state index contributed by atoms with van der Waals surface area (Å²) in [7, 11) is -7.27. The smallest absolute Gasteiger partial charge is 0.240 e. The quantitative estimate of drug-likeness (QED) is 0.249. The van der Waals surface area contributed by atoms with Gasteiger partial charge in [0, 0.05) is 6.42 Å². The Labute approximate surface area is 225 Å². The van der Waals surface area contributed by atoms with Crippen LogP contribution in [0.15, 0.2) is 65.6 Å². The number of nitrogens with one attached hydrogen (secondary N) is 3. The summed E-state index contributed by atoms with van der Waals surface area (Å²) in [5.74, 6) is -0.583. The van der Waals surface area contributed by atoms with Gasteiger partial charge in [0.2, 0.25) is 15.9 Å². The van der Waals surface area contributed by atoms with Gasteiger partial charge in [0.15, 0.2) is 0 Å². The fourth-order valence-corrected chi connectivity index (χ4v) is 7.85. The fourth-order valence-electron chi connectivity index (χ4n) is 4.60. The number of aromatic nitrogens is 2. The number of carbonyl (C=O) groups is 1. The summed E-state index contributed by atoms with van der Waals surface area (Å²) in [5.41, 5.74) is 2.21. The fraction of sp³-hybridized carbons (Fsp3) is 0.280. The molecule has 0 saturated carbocycles. The van der Waals surface area contributed by atoms with Crippen LogP contribution >= 0.6 is 22.4 Å². The number of carbonyl (C=O) groups excluding carboxylic acids is 1. The molecule has 2 heterocycles. The molecule has 0 spiro atoms. The number of halogens is 2. The number of rotatable bonds is 7. The molecule has 1 aliphatic heterocycles. The second kappa shape index (κ2) is 9.78. The molecule has 2 aliphatic rings. The van der Waals surface area contributed by atoms with Crippen molar-refractivity contribution in [1.29, 1.82) is 0 Å². The van der Waals surface area contributed by atoms with Gasteiger partial charge in [-0.05, 0) is 48.7 Å². The number of hydrogen-bond donors (Lipinski definition) is 5. The lowest BCUT2D eigenvalue weighted by atomic mass is 10.0. The lowest BCUT2D eigenvalue weighted by Gasteiger charge is -2.32. The van der Waals surface area contributed by atoms with Crippen molar-refractivity contribution in [1.82, 2.24) is 19.4 Å². The number of allylic oxidation sites excluding steroid dienone is 4. The molecule has 0 bridgehead atoms. The Kier molecular flexibility index (Phi) is 6.91. The van der Waals surface area contributed by atoms with Gasteiger partial charge in [-0.1, -0.05) is 36.4 Å². The molecule has 1 saturated heterocycles. The van der Waals surface area contributed by atoms with E-state index in [0.29, 0.717) is 22.4 Å². The highest BCUT2D eigenvalue weighted by Gasteiger charge is 2.38. The van der Waals surface area contributed by atoms with Crippen molar-refractivity contribution in [3.05, 3.63) is 88.4 Å². The number of amides is 1. The van der Waals surface area contributed by atoms with Gasteiger partial charge in [-0.25, -0.2) is 22.5 Å². The Morgan fingerprint density at radius 1 is 1.26 bits per heavy atom. The molecule has 38 heavy (non-hydrogen) atoms. The van der Waals surface area contributed by atoms with E-state index in [4.69, 9.17) is 11.6 Å². The van der Waals surface area contributed by atoms with Crippen LogP contribution in [0.1, 0.15) is 48.0 Å². The molecule has 9 nitrogen and oxygen atoms in total. The number of nitrogens with zero attached hydrogens (tertiary/aromatic N) is 1. The predicted molar refractivity (Wildman–Crippen MR) is 145 cm³/mol. The molecule has 1 aromatic heterocycles. The normalized spacial score (nSPS) is 24.7. The summed E-state index contributed by atoms with van der Waals surface area (Å²) in [6.45, 7) is 1.73. The molecule has 202 valence electrons. The number of H-pyrrole nitrogens is 1. The standard InChI is InChI=1S/C25H26ClFN4O5S2/c1-25(26)10-2-3-18(14-25)37(33,34)30-21(24-28-19-9-8-17(27)12-20(19)29-24)11-15-4-6-16(7-5-15)22-13-23(32)31-38(22,35)36/h2-10,12,21-22,30,35-36H,11,13-14H2,1H3,(H,28,29)(H,31,32)/t21-,22?,25?/m0/s1. The Bertz CT molecular complexity index is 1570. The Balaban J connectivity index is 1.45. The van der Waals surface area contributed by atoms with E-state index in [1.165, 1.54) is 24.3 Å². The van der Waals surface area contributed by atoms with Gasteiger partial charge >= 0.3 is 0 Å². The highest BCUT2D eigenvalue weighted by molar-refractivity contribution is 8.23. The molecule has 13 heteroatoms. The van der Waals surface area contributed by atoms with E-state index in [0.717, 1.165) is 5.56 Å². The van der Waals surface area contributed by atoms with Gasteiger partial charge < -0.3 is 4.98 Å². The molecule has 2 unspecified atom stereocenters. The van der Waals surface area contributed by atoms with Crippen molar-refractivity contribution in [2.45, 2.75) is 42.4 Å². The van der Waals surface area contributed by atoms with Crippen LogP contribution in [-0.4, -0.2) is 38.3 Å². The maximum atomic E-state index is 13.8. The Morgan fingerprint density at radius 3 is 2.66 bits per heavy atom. The van der Waals surface area contributed by atoms with Crippen LogP contribution in [0.3, 0.4) is 0 Å². The van der Waals surface area contributed by atoms with Crippen molar-refractivity contribution in [3.63, 3.8) is 0 Å². The molecule has 5 N–H and O–H groups in total. The third-order valence-electron chi connectivity index (χ3n) is 6.50. The zero-order valence-corrected chi connectivity index (χ0v) is 22.6. The van der Waals surface area contributed by atoms with Crippen LogP contribution in [0.2, 0.25) is 0 Å². The average molecular weight is 581 g/mol. The Morgan fingerprint density at radius 2 is 2.00 bits per heavy atom. The topological polar surface area (TPSA) is 144 Å². The van der Waals surface area contributed by atoms with Gasteiger partial charge in [0.05, 0.1) is 33.3 Å². The molecule has 3 aromatic rings. The molecule has 3 atom stereocenters. The maximum absolute atomic E-state index is 13.8. The predicted octanol–water partition coefficient (Wildman–Crippen LogP) is 4.97. The molecular formula is C25H26ClFN4O5S2. The third-order valence-corrected chi connectivity index (χ3v) is 10.1.